The van der Waals surface area contributed by atoms with Crippen molar-refractivity contribution in [3.63, 3.8) is 0 Å². The smallest absolute Gasteiger partial charge is 0.254 e. The van der Waals surface area contributed by atoms with Gasteiger partial charge in [-0.05, 0) is 26.0 Å². The molecule has 0 spiro atoms. The first-order valence-electron chi connectivity index (χ1n) is 6.53. The molecule has 1 aromatic carbocycles. The van der Waals surface area contributed by atoms with E-state index in [9.17, 15) is 13.6 Å². The minimum atomic E-state index is -0.773. The molecule has 20 heavy (non-hydrogen) atoms. The van der Waals surface area contributed by atoms with Crippen molar-refractivity contribution in [3.8, 4) is 0 Å². The number of amides is 1. The molecule has 1 aliphatic rings. The number of hydrogen-bond acceptors (Lipinski definition) is 3. The standard InChI is InChI=1S/C14H18F2N2O2/c1-8-7-20-9(2)6-18(8)14(19)10-4-11(15)13(17-3)12(16)5-10/h4-5,8-9,17H,6-7H2,1-3H3. The van der Waals surface area contributed by atoms with Crippen LogP contribution in [0.25, 0.3) is 0 Å². The second-order valence-corrected chi connectivity index (χ2v) is 5.02. The number of nitrogens with zero attached hydrogens (tertiary/aromatic N) is 1. The van der Waals surface area contributed by atoms with Crippen molar-refractivity contribution in [1.82, 2.24) is 4.90 Å². The molecule has 1 N–H and O–H groups in total. The molecule has 110 valence electrons. The zero-order valence-electron chi connectivity index (χ0n) is 11.7. The summed E-state index contributed by atoms with van der Waals surface area (Å²) in [6.07, 6.45) is -0.0820. The van der Waals surface area contributed by atoms with Gasteiger partial charge in [-0.15, -0.1) is 0 Å². The van der Waals surface area contributed by atoms with Crippen molar-refractivity contribution in [3.05, 3.63) is 29.3 Å². The number of halogens is 2. The summed E-state index contributed by atoms with van der Waals surface area (Å²) in [6, 6.07) is 2.00. The van der Waals surface area contributed by atoms with E-state index in [1.165, 1.54) is 7.05 Å². The predicted octanol–water partition coefficient (Wildman–Crippen LogP) is 2.26. The maximum absolute atomic E-state index is 13.7. The predicted molar refractivity (Wildman–Crippen MR) is 71.8 cm³/mol. The minimum absolute atomic E-state index is 0.0138. The average Bonchev–Trinajstić information content (AvgIpc) is 2.40. The number of rotatable bonds is 2. The van der Waals surface area contributed by atoms with Crippen LogP contribution in [0.2, 0.25) is 0 Å². The molecule has 2 atom stereocenters. The number of ether oxygens (including phenoxy) is 1. The van der Waals surface area contributed by atoms with E-state index in [4.69, 9.17) is 4.74 Å². The molecule has 1 heterocycles. The third-order valence-electron chi connectivity index (χ3n) is 3.41. The number of nitrogens with one attached hydrogen (secondary N) is 1. The van der Waals surface area contributed by atoms with Crippen LogP contribution in [0.1, 0.15) is 24.2 Å². The highest BCUT2D eigenvalue weighted by Crippen LogP contribution is 2.22. The molecule has 0 radical (unpaired) electrons. The lowest BCUT2D eigenvalue weighted by Crippen LogP contribution is -2.50. The summed E-state index contributed by atoms with van der Waals surface area (Å²) in [7, 11) is 1.43. The van der Waals surface area contributed by atoms with E-state index in [1.54, 1.807) is 4.90 Å². The maximum atomic E-state index is 13.7. The van der Waals surface area contributed by atoms with E-state index in [0.29, 0.717) is 13.2 Å². The summed E-state index contributed by atoms with van der Waals surface area (Å²) in [5.74, 6) is -1.93. The quantitative estimate of drug-likeness (QED) is 0.905. The van der Waals surface area contributed by atoms with Gasteiger partial charge < -0.3 is 15.0 Å². The van der Waals surface area contributed by atoms with Gasteiger partial charge in [0.1, 0.15) is 17.3 Å². The fourth-order valence-corrected chi connectivity index (χ4v) is 2.29. The van der Waals surface area contributed by atoms with Gasteiger partial charge in [0.2, 0.25) is 0 Å². The van der Waals surface area contributed by atoms with Crippen LogP contribution in [0.5, 0.6) is 0 Å². The van der Waals surface area contributed by atoms with E-state index in [2.05, 4.69) is 5.32 Å². The summed E-state index contributed by atoms with van der Waals surface area (Å²) in [5.41, 5.74) is -0.218. The van der Waals surface area contributed by atoms with Gasteiger partial charge in [0, 0.05) is 19.2 Å². The van der Waals surface area contributed by atoms with Gasteiger partial charge in [0.25, 0.3) is 5.91 Å². The third-order valence-corrected chi connectivity index (χ3v) is 3.41. The zero-order chi connectivity index (χ0) is 14.9. The van der Waals surface area contributed by atoms with E-state index in [-0.39, 0.29) is 29.3 Å². The maximum Gasteiger partial charge on any atom is 0.254 e. The lowest BCUT2D eigenvalue weighted by molar-refractivity contribution is -0.0387. The van der Waals surface area contributed by atoms with E-state index in [1.807, 2.05) is 13.8 Å². The van der Waals surface area contributed by atoms with Crippen LogP contribution in [0.3, 0.4) is 0 Å². The fraction of sp³-hybridized carbons (Fsp3) is 0.500. The van der Waals surface area contributed by atoms with Crippen LogP contribution >= 0.6 is 0 Å². The molecule has 1 fully saturated rings. The molecule has 1 aliphatic heterocycles. The molecule has 0 saturated carbocycles. The number of benzene rings is 1. The van der Waals surface area contributed by atoms with E-state index < -0.39 is 11.6 Å². The van der Waals surface area contributed by atoms with E-state index in [0.717, 1.165) is 12.1 Å². The largest absolute Gasteiger partial charge is 0.383 e. The number of carbonyl (C=O) groups is 1. The van der Waals surface area contributed by atoms with Crippen LogP contribution in [-0.2, 0) is 4.74 Å². The number of hydrogen-bond donors (Lipinski definition) is 1. The van der Waals surface area contributed by atoms with Crippen molar-refractivity contribution in [2.75, 3.05) is 25.5 Å². The highest BCUT2D eigenvalue weighted by molar-refractivity contribution is 5.95. The Bertz CT molecular complexity index is 499. The molecular weight excluding hydrogens is 266 g/mol. The van der Waals surface area contributed by atoms with E-state index >= 15 is 0 Å². The number of carbonyl (C=O) groups excluding carboxylic acids is 1. The molecule has 1 aromatic rings. The summed E-state index contributed by atoms with van der Waals surface area (Å²) in [4.78, 5) is 14.0. The van der Waals surface area contributed by atoms with Crippen LogP contribution < -0.4 is 5.32 Å². The van der Waals surface area contributed by atoms with Crippen molar-refractivity contribution < 1.29 is 18.3 Å². The zero-order valence-corrected chi connectivity index (χ0v) is 11.7. The Balaban J connectivity index is 2.29. The Labute approximate surface area is 116 Å². The van der Waals surface area contributed by atoms with Crippen LogP contribution in [0.15, 0.2) is 12.1 Å². The fourth-order valence-electron chi connectivity index (χ4n) is 2.29. The van der Waals surface area contributed by atoms with Crippen molar-refractivity contribution in [1.29, 1.82) is 0 Å². The van der Waals surface area contributed by atoms with Crippen molar-refractivity contribution >= 4 is 11.6 Å². The second kappa shape index (κ2) is 5.75. The molecule has 6 heteroatoms. The highest BCUT2D eigenvalue weighted by atomic mass is 19.1. The molecular formula is C14H18F2N2O2. The molecule has 2 unspecified atom stereocenters. The molecule has 0 aromatic heterocycles. The van der Waals surface area contributed by atoms with Crippen LogP contribution in [0, 0.1) is 11.6 Å². The van der Waals surface area contributed by atoms with Crippen molar-refractivity contribution in [2.45, 2.75) is 26.0 Å². The minimum Gasteiger partial charge on any atom is -0.383 e. The molecule has 0 aliphatic carbocycles. The van der Waals surface area contributed by atoms with Gasteiger partial charge in [-0.25, -0.2) is 8.78 Å². The SMILES string of the molecule is CNc1c(F)cc(C(=O)N2CC(C)OCC2C)cc1F. The summed E-state index contributed by atoms with van der Waals surface area (Å²) in [5, 5.41) is 2.43. The van der Waals surface area contributed by atoms with Gasteiger partial charge in [0.15, 0.2) is 0 Å². The summed E-state index contributed by atoms with van der Waals surface area (Å²) >= 11 is 0. The number of morpholine rings is 1. The third kappa shape index (κ3) is 2.75. The summed E-state index contributed by atoms with van der Waals surface area (Å²) in [6.45, 7) is 4.54. The Kier molecular flexibility index (Phi) is 4.23. The van der Waals surface area contributed by atoms with Gasteiger partial charge in [0.05, 0.1) is 18.8 Å². The molecule has 2 rings (SSSR count). The highest BCUT2D eigenvalue weighted by Gasteiger charge is 2.29. The Morgan fingerprint density at radius 1 is 1.35 bits per heavy atom. The second-order valence-electron chi connectivity index (χ2n) is 5.02. The summed E-state index contributed by atoms with van der Waals surface area (Å²) < 4.78 is 32.9. The number of anilines is 1. The van der Waals surface area contributed by atoms with Gasteiger partial charge in [-0.3, -0.25) is 4.79 Å². The average molecular weight is 284 g/mol. The molecule has 0 bridgehead atoms. The first kappa shape index (κ1) is 14.7. The molecule has 1 amide bonds. The van der Waals surface area contributed by atoms with Crippen LogP contribution in [0.4, 0.5) is 14.5 Å². The van der Waals surface area contributed by atoms with Crippen LogP contribution in [-0.4, -0.2) is 43.2 Å². The lowest BCUT2D eigenvalue weighted by Gasteiger charge is -2.36. The van der Waals surface area contributed by atoms with Gasteiger partial charge >= 0.3 is 0 Å². The van der Waals surface area contributed by atoms with Gasteiger partial charge in [-0.1, -0.05) is 0 Å². The molecule has 4 nitrogen and oxygen atoms in total. The monoisotopic (exact) mass is 284 g/mol. The Hall–Kier alpha value is -1.69. The Morgan fingerprint density at radius 2 is 1.95 bits per heavy atom. The first-order chi connectivity index (χ1) is 9.43. The normalized spacial score (nSPS) is 22.8. The molecule has 1 saturated heterocycles. The first-order valence-corrected chi connectivity index (χ1v) is 6.53. The van der Waals surface area contributed by atoms with Gasteiger partial charge in [-0.2, -0.15) is 0 Å². The lowest BCUT2D eigenvalue weighted by atomic mass is 10.1. The Morgan fingerprint density at radius 3 is 2.50 bits per heavy atom. The topological polar surface area (TPSA) is 41.6 Å². The van der Waals surface area contributed by atoms with Crippen molar-refractivity contribution in [2.24, 2.45) is 0 Å².